The number of carboxylic acid groups (broad SMARTS) is 1. The van der Waals surface area contributed by atoms with E-state index >= 15 is 0 Å². The maximum absolute atomic E-state index is 11.5. The first-order chi connectivity index (χ1) is 10.5. The number of rotatable bonds is 3. The third-order valence-corrected chi connectivity index (χ3v) is 4.04. The normalized spacial score (nSPS) is 11.0. The molecule has 2 aromatic carbocycles. The molecular weight excluding hydrogens is 323 g/mol. The first-order valence-electron chi connectivity index (χ1n) is 6.71. The molecule has 0 aliphatic heterocycles. The summed E-state index contributed by atoms with van der Waals surface area (Å²) in [4.78, 5) is 11.5. The summed E-state index contributed by atoms with van der Waals surface area (Å²) in [6.45, 7) is 2.33. The number of benzene rings is 2. The summed E-state index contributed by atoms with van der Waals surface area (Å²) in [6.07, 6.45) is 0. The average molecular weight is 335 g/mol. The molecule has 0 unspecified atom stereocenters. The number of halogens is 2. The second-order valence-electron chi connectivity index (χ2n) is 4.80. The van der Waals surface area contributed by atoms with E-state index in [1.807, 2.05) is 19.1 Å². The van der Waals surface area contributed by atoms with E-state index in [1.165, 1.54) is 4.68 Å². The molecule has 1 N–H and O–H groups in total. The van der Waals surface area contributed by atoms with E-state index in [1.54, 1.807) is 24.3 Å². The maximum Gasteiger partial charge on any atom is 0.354 e. The highest BCUT2D eigenvalue weighted by molar-refractivity contribution is 6.36. The first-order valence-corrected chi connectivity index (χ1v) is 7.46. The molecule has 0 saturated heterocycles. The molecule has 0 spiro atoms. The zero-order valence-corrected chi connectivity index (χ0v) is 13.2. The Morgan fingerprint density at radius 2 is 2.00 bits per heavy atom. The fourth-order valence-corrected chi connectivity index (χ4v) is 3.04. The fourth-order valence-electron chi connectivity index (χ4n) is 2.53. The molecule has 0 atom stereocenters. The minimum atomic E-state index is -0.997. The Kier molecular flexibility index (Phi) is 3.81. The van der Waals surface area contributed by atoms with Crippen LogP contribution in [0.4, 0.5) is 0 Å². The molecule has 1 heterocycles. The second-order valence-corrected chi connectivity index (χ2v) is 5.64. The smallest absolute Gasteiger partial charge is 0.354 e. The predicted molar refractivity (Wildman–Crippen MR) is 87.8 cm³/mol. The third-order valence-electron chi connectivity index (χ3n) is 3.49. The van der Waals surface area contributed by atoms with Gasteiger partial charge < -0.3 is 5.11 Å². The van der Waals surface area contributed by atoms with Crippen LogP contribution in [0, 0.1) is 0 Å². The molecule has 0 aliphatic carbocycles. The van der Waals surface area contributed by atoms with Crippen LogP contribution in [0.5, 0.6) is 0 Å². The molecule has 1 aromatic heterocycles. The Morgan fingerprint density at radius 3 is 2.64 bits per heavy atom. The van der Waals surface area contributed by atoms with Gasteiger partial charge in [0, 0.05) is 33.1 Å². The molecule has 3 rings (SSSR count). The minimum Gasteiger partial charge on any atom is -0.477 e. The number of fused-ring (bicyclic) bond motifs is 1. The Bertz CT molecular complexity index is 887. The predicted octanol–water partition coefficient (Wildman–Crippen LogP) is 4.73. The van der Waals surface area contributed by atoms with Gasteiger partial charge in [-0.05, 0) is 19.1 Å². The lowest BCUT2D eigenvalue weighted by Crippen LogP contribution is -2.08. The van der Waals surface area contributed by atoms with Crippen molar-refractivity contribution in [3.8, 4) is 11.1 Å². The number of aromatic carboxylic acids is 1. The van der Waals surface area contributed by atoms with Crippen LogP contribution >= 0.6 is 23.2 Å². The van der Waals surface area contributed by atoms with Gasteiger partial charge in [0.05, 0.1) is 0 Å². The van der Waals surface area contributed by atoms with Crippen LogP contribution in [0.2, 0.25) is 10.0 Å². The molecule has 22 heavy (non-hydrogen) atoms. The second kappa shape index (κ2) is 5.63. The van der Waals surface area contributed by atoms with Gasteiger partial charge in [-0.1, -0.05) is 47.5 Å². The molecule has 0 amide bonds. The molecule has 3 aromatic rings. The molecule has 0 radical (unpaired) electrons. The number of carboxylic acids is 1. The van der Waals surface area contributed by atoms with Crippen LogP contribution in [-0.2, 0) is 6.54 Å². The van der Waals surface area contributed by atoms with Gasteiger partial charge >= 0.3 is 5.97 Å². The number of hydrogen-bond donors (Lipinski definition) is 1. The Morgan fingerprint density at radius 1 is 1.23 bits per heavy atom. The number of hydrogen-bond acceptors (Lipinski definition) is 2. The Labute approximate surface area is 136 Å². The van der Waals surface area contributed by atoms with Crippen LogP contribution in [0.3, 0.4) is 0 Å². The Balaban J connectivity index is 2.34. The monoisotopic (exact) mass is 334 g/mol. The highest BCUT2D eigenvalue weighted by Crippen LogP contribution is 2.35. The van der Waals surface area contributed by atoms with Gasteiger partial charge in [0.25, 0.3) is 0 Å². The molecule has 6 heteroatoms. The van der Waals surface area contributed by atoms with Crippen LogP contribution in [-0.4, -0.2) is 20.9 Å². The van der Waals surface area contributed by atoms with Crippen molar-refractivity contribution >= 4 is 40.1 Å². The van der Waals surface area contributed by atoms with E-state index in [4.69, 9.17) is 23.2 Å². The van der Waals surface area contributed by atoms with Gasteiger partial charge in [-0.25, -0.2) is 4.79 Å². The van der Waals surface area contributed by atoms with Crippen molar-refractivity contribution in [3.63, 3.8) is 0 Å². The largest absolute Gasteiger partial charge is 0.477 e. The van der Waals surface area contributed by atoms with E-state index < -0.39 is 5.97 Å². The number of aryl methyl sites for hydroxylation is 1. The summed E-state index contributed by atoms with van der Waals surface area (Å²) in [5.74, 6) is -0.997. The van der Waals surface area contributed by atoms with E-state index in [-0.39, 0.29) is 5.69 Å². The number of aromatic nitrogens is 2. The van der Waals surface area contributed by atoms with Crippen molar-refractivity contribution in [2.75, 3.05) is 0 Å². The van der Waals surface area contributed by atoms with Crippen molar-refractivity contribution < 1.29 is 9.90 Å². The molecular formula is C16H12Cl2N2O2. The number of nitrogens with zero attached hydrogens (tertiary/aromatic N) is 2. The quantitative estimate of drug-likeness (QED) is 0.753. The van der Waals surface area contributed by atoms with Crippen molar-refractivity contribution in [1.29, 1.82) is 0 Å². The highest BCUT2D eigenvalue weighted by atomic mass is 35.5. The van der Waals surface area contributed by atoms with Crippen molar-refractivity contribution in [1.82, 2.24) is 9.78 Å². The summed E-state index contributed by atoms with van der Waals surface area (Å²) in [7, 11) is 0. The first kappa shape index (κ1) is 14.9. The summed E-state index contributed by atoms with van der Waals surface area (Å²) >= 11 is 12.2. The van der Waals surface area contributed by atoms with Gasteiger partial charge in [0.2, 0.25) is 0 Å². The lowest BCUT2D eigenvalue weighted by Gasteiger charge is -2.05. The zero-order chi connectivity index (χ0) is 15.9. The van der Waals surface area contributed by atoms with Gasteiger partial charge in [0.1, 0.15) is 5.52 Å². The molecule has 112 valence electrons. The SMILES string of the molecule is CCn1nc2c(-c3ccc(Cl)cc3Cl)cccc2c1C(=O)O. The van der Waals surface area contributed by atoms with E-state index in [2.05, 4.69) is 5.10 Å². The van der Waals surface area contributed by atoms with Crippen LogP contribution in [0.1, 0.15) is 17.4 Å². The standard InChI is InChI=1S/C16H12Cl2N2O2/c1-2-20-15(16(21)22)12-5-3-4-11(14(12)19-20)10-7-6-9(17)8-13(10)18/h3-8H,2H2,1H3,(H,21,22). The van der Waals surface area contributed by atoms with Crippen molar-refractivity contribution in [3.05, 3.63) is 52.1 Å². The van der Waals surface area contributed by atoms with E-state index in [9.17, 15) is 9.90 Å². The van der Waals surface area contributed by atoms with Gasteiger partial charge in [-0.3, -0.25) is 4.68 Å². The van der Waals surface area contributed by atoms with Gasteiger partial charge in [-0.15, -0.1) is 0 Å². The van der Waals surface area contributed by atoms with E-state index in [0.717, 1.165) is 11.1 Å². The summed E-state index contributed by atoms with van der Waals surface area (Å²) in [6, 6.07) is 10.6. The number of carbonyl (C=O) groups is 1. The Hall–Kier alpha value is -2.04. The van der Waals surface area contributed by atoms with Gasteiger partial charge in [0.15, 0.2) is 5.69 Å². The fraction of sp³-hybridized carbons (Fsp3) is 0.125. The molecule has 4 nitrogen and oxygen atoms in total. The van der Waals surface area contributed by atoms with E-state index in [0.29, 0.717) is 27.5 Å². The minimum absolute atomic E-state index is 0.185. The van der Waals surface area contributed by atoms with Crippen LogP contribution in [0.25, 0.3) is 22.0 Å². The summed E-state index contributed by atoms with van der Waals surface area (Å²) in [5, 5.41) is 15.5. The lowest BCUT2D eigenvalue weighted by atomic mass is 10.0. The van der Waals surface area contributed by atoms with Crippen LogP contribution < -0.4 is 0 Å². The zero-order valence-electron chi connectivity index (χ0n) is 11.7. The third kappa shape index (κ3) is 2.34. The van der Waals surface area contributed by atoms with Crippen LogP contribution in [0.15, 0.2) is 36.4 Å². The summed E-state index contributed by atoms with van der Waals surface area (Å²) in [5.41, 5.74) is 2.36. The molecule has 0 fully saturated rings. The molecule has 0 aliphatic rings. The lowest BCUT2D eigenvalue weighted by molar-refractivity contribution is 0.0685. The average Bonchev–Trinajstić information content (AvgIpc) is 2.86. The molecule has 0 bridgehead atoms. The topological polar surface area (TPSA) is 55.1 Å². The highest BCUT2D eigenvalue weighted by Gasteiger charge is 2.19. The van der Waals surface area contributed by atoms with Crippen molar-refractivity contribution in [2.45, 2.75) is 13.5 Å². The molecule has 0 saturated carbocycles. The van der Waals surface area contributed by atoms with Gasteiger partial charge in [-0.2, -0.15) is 5.10 Å². The maximum atomic E-state index is 11.5. The van der Waals surface area contributed by atoms with Crippen molar-refractivity contribution in [2.24, 2.45) is 0 Å². The summed E-state index contributed by atoms with van der Waals surface area (Å²) < 4.78 is 1.49.